The fraction of sp³-hybridized carbons (Fsp3) is 0.444. The molecule has 0 aliphatic rings. The highest BCUT2D eigenvalue weighted by Crippen LogP contribution is 2.18. The minimum atomic E-state index is 0.664. The predicted molar refractivity (Wildman–Crippen MR) is 99.0 cm³/mol. The third-order valence-corrected chi connectivity index (χ3v) is 3.59. The summed E-state index contributed by atoms with van der Waals surface area (Å²) in [4.78, 5) is 11.1. The van der Waals surface area contributed by atoms with E-state index in [0.717, 1.165) is 43.3 Å². The maximum Gasteiger partial charge on any atom is 0.224 e. The lowest BCUT2D eigenvalue weighted by molar-refractivity contribution is 0.410. The number of likely N-dealkylation sites (N-methyl/N-ethyl adjacent to an activating group) is 1. The minimum absolute atomic E-state index is 0.664. The topological polar surface area (TPSA) is 62.3 Å². The molecule has 0 saturated carbocycles. The number of para-hydroxylation sites is 1. The summed E-state index contributed by atoms with van der Waals surface area (Å²) in [6.45, 7) is 4.52. The zero-order valence-electron chi connectivity index (χ0n) is 15.0. The van der Waals surface area contributed by atoms with E-state index in [0.29, 0.717) is 5.95 Å². The number of hydrogen-bond donors (Lipinski definition) is 2. The number of ether oxygens (including phenoxy) is 1. The van der Waals surface area contributed by atoms with Crippen LogP contribution < -0.4 is 15.4 Å². The van der Waals surface area contributed by atoms with Gasteiger partial charge in [-0.15, -0.1) is 0 Å². The molecule has 0 radical (unpaired) electrons. The average molecular weight is 329 g/mol. The second-order valence-electron chi connectivity index (χ2n) is 5.94. The molecule has 24 heavy (non-hydrogen) atoms. The van der Waals surface area contributed by atoms with Crippen molar-refractivity contribution in [3.05, 3.63) is 41.6 Å². The first-order chi connectivity index (χ1) is 11.6. The number of benzene rings is 1. The lowest BCUT2D eigenvalue weighted by Gasteiger charge is -2.13. The van der Waals surface area contributed by atoms with Crippen molar-refractivity contribution in [1.82, 2.24) is 14.9 Å². The Balaban J connectivity index is 1.91. The molecule has 0 atom stereocenters. The third kappa shape index (κ3) is 5.70. The van der Waals surface area contributed by atoms with E-state index in [4.69, 9.17) is 4.74 Å². The minimum Gasteiger partial charge on any atom is -0.496 e. The number of methoxy groups -OCH3 is 1. The Bertz CT molecular complexity index is 645. The van der Waals surface area contributed by atoms with E-state index in [1.807, 2.05) is 45.3 Å². The Morgan fingerprint density at radius 2 is 1.88 bits per heavy atom. The fourth-order valence-electron chi connectivity index (χ4n) is 2.36. The number of hydrogen-bond acceptors (Lipinski definition) is 6. The fourth-order valence-corrected chi connectivity index (χ4v) is 2.36. The molecule has 2 aromatic rings. The van der Waals surface area contributed by atoms with Crippen molar-refractivity contribution in [3.8, 4) is 5.75 Å². The van der Waals surface area contributed by atoms with Crippen molar-refractivity contribution in [2.75, 3.05) is 51.5 Å². The molecule has 0 amide bonds. The maximum atomic E-state index is 5.38. The van der Waals surface area contributed by atoms with Crippen LogP contribution in [0.1, 0.15) is 11.3 Å². The molecule has 2 N–H and O–H groups in total. The molecule has 0 fully saturated rings. The third-order valence-electron chi connectivity index (χ3n) is 3.59. The Labute approximate surface area is 144 Å². The highest BCUT2D eigenvalue weighted by molar-refractivity contribution is 5.42. The number of nitrogens with zero attached hydrogens (tertiary/aromatic N) is 3. The van der Waals surface area contributed by atoms with Crippen molar-refractivity contribution >= 4 is 11.8 Å². The summed E-state index contributed by atoms with van der Waals surface area (Å²) in [7, 11) is 5.79. The van der Waals surface area contributed by atoms with Crippen LogP contribution in [0.2, 0.25) is 0 Å². The van der Waals surface area contributed by atoms with Crippen molar-refractivity contribution < 1.29 is 4.74 Å². The first-order valence-corrected chi connectivity index (χ1v) is 8.18. The van der Waals surface area contributed by atoms with Gasteiger partial charge in [-0.25, -0.2) is 4.98 Å². The van der Waals surface area contributed by atoms with E-state index in [1.54, 1.807) is 7.11 Å². The van der Waals surface area contributed by atoms with Crippen molar-refractivity contribution in [2.45, 2.75) is 13.3 Å². The van der Waals surface area contributed by atoms with Gasteiger partial charge in [-0.2, -0.15) is 4.98 Å². The van der Waals surface area contributed by atoms with Gasteiger partial charge in [0.2, 0.25) is 5.95 Å². The van der Waals surface area contributed by atoms with E-state index in [-0.39, 0.29) is 0 Å². The van der Waals surface area contributed by atoms with Gasteiger partial charge in [0.25, 0.3) is 0 Å². The zero-order valence-corrected chi connectivity index (χ0v) is 15.0. The van der Waals surface area contributed by atoms with Crippen LogP contribution in [0.4, 0.5) is 11.8 Å². The summed E-state index contributed by atoms with van der Waals surface area (Å²) >= 11 is 0. The van der Waals surface area contributed by atoms with E-state index in [2.05, 4.69) is 31.6 Å². The summed E-state index contributed by atoms with van der Waals surface area (Å²) in [5.74, 6) is 2.42. The zero-order chi connectivity index (χ0) is 17.4. The van der Waals surface area contributed by atoms with Crippen molar-refractivity contribution in [2.24, 2.45) is 0 Å². The normalized spacial score (nSPS) is 10.7. The van der Waals surface area contributed by atoms with Crippen LogP contribution in [-0.2, 0) is 6.42 Å². The average Bonchev–Trinajstić information content (AvgIpc) is 2.54. The SMILES string of the molecule is COc1ccccc1CCNc1cc(C)nc(NCCN(C)C)n1. The molecule has 0 spiro atoms. The smallest absolute Gasteiger partial charge is 0.224 e. The number of aryl methyl sites for hydroxylation is 1. The highest BCUT2D eigenvalue weighted by Gasteiger charge is 2.04. The second kappa shape index (κ2) is 9.08. The molecular weight excluding hydrogens is 302 g/mol. The second-order valence-corrected chi connectivity index (χ2v) is 5.94. The highest BCUT2D eigenvalue weighted by atomic mass is 16.5. The van der Waals surface area contributed by atoms with Gasteiger partial charge in [0.1, 0.15) is 11.6 Å². The summed E-state index contributed by atoms with van der Waals surface area (Å²) < 4.78 is 5.38. The van der Waals surface area contributed by atoms with Gasteiger partial charge in [-0.3, -0.25) is 0 Å². The molecule has 0 bridgehead atoms. The van der Waals surface area contributed by atoms with Crippen molar-refractivity contribution in [1.29, 1.82) is 0 Å². The van der Waals surface area contributed by atoms with Crippen LogP contribution in [0.25, 0.3) is 0 Å². The van der Waals surface area contributed by atoms with E-state index >= 15 is 0 Å². The van der Waals surface area contributed by atoms with Crippen LogP contribution in [0, 0.1) is 6.92 Å². The van der Waals surface area contributed by atoms with E-state index in [9.17, 15) is 0 Å². The Morgan fingerprint density at radius 3 is 2.62 bits per heavy atom. The molecule has 0 saturated heterocycles. The number of rotatable bonds is 9. The van der Waals surface area contributed by atoms with Gasteiger partial charge in [-0.05, 0) is 39.1 Å². The summed E-state index contributed by atoms with van der Waals surface area (Å²) in [6, 6.07) is 10.0. The number of aromatic nitrogens is 2. The van der Waals surface area contributed by atoms with Crippen LogP contribution in [0.5, 0.6) is 5.75 Å². The molecule has 0 unspecified atom stereocenters. The van der Waals surface area contributed by atoms with Gasteiger partial charge < -0.3 is 20.3 Å². The quantitative estimate of drug-likeness (QED) is 0.737. The molecule has 1 aromatic heterocycles. The van der Waals surface area contributed by atoms with Crippen LogP contribution in [-0.4, -0.2) is 55.7 Å². The summed E-state index contributed by atoms with van der Waals surface area (Å²) in [5, 5.41) is 6.63. The van der Waals surface area contributed by atoms with Gasteiger partial charge >= 0.3 is 0 Å². The van der Waals surface area contributed by atoms with Crippen LogP contribution in [0.15, 0.2) is 30.3 Å². The molecule has 6 nitrogen and oxygen atoms in total. The molecule has 130 valence electrons. The lowest BCUT2D eigenvalue weighted by Crippen LogP contribution is -2.21. The van der Waals surface area contributed by atoms with Gasteiger partial charge in [0.05, 0.1) is 7.11 Å². The molecule has 2 rings (SSSR count). The Hall–Kier alpha value is -2.34. The first kappa shape index (κ1) is 18.0. The summed E-state index contributed by atoms with van der Waals surface area (Å²) in [5.41, 5.74) is 2.12. The molecule has 0 aliphatic heterocycles. The van der Waals surface area contributed by atoms with E-state index in [1.165, 1.54) is 5.56 Å². The Kier molecular flexibility index (Phi) is 6.81. The number of anilines is 2. The van der Waals surface area contributed by atoms with Gasteiger partial charge in [0.15, 0.2) is 0 Å². The molecular formula is C18H27N5O. The monoisotopic (exact) mass is 329 g/mol. The van der Waals surface area contributed by atoms with Crippen LogP contribution >= 0.6 is 0 Å². The van der Waals surface area contributed by atoms with Crippen LogP contribution in [0.3, 0.4) is 0 Å². The Morgan fingerprint density at radius 1 is 1.08 bits per heavy atom. The molecule has 1 aromatic carbocycles. The standard InChI is InChI=1S/C18H27N5O/c1-14-13-17(22-18(21-14)20-11-12-23(2)3)19-10-9-15-7-5-6-8-16(15)24-4/h5-8,13H,9-12H2,1-4H3,(H2,19,20,21,22). The summed E-state index contributed by atoms with van der Waals surface area (Å²) in [6.07, 6.45) is 0.871. The van der Waals surface area contributed by atoms with Gasteiger partial charge in [0, 0.05) is 31.4 Å². The molecule has 0 aliphatic carbocycles. The first-order valence-electron chi connectivity index (χ1n) is 8.18. The van der Waals surface area contributed by atoms with E-state index < -0.39 is 0 Å². The lowest BCUT2D eigenvalue weighted by atomic mass is 10.1. The largest absolute Gasteiger partial charge is 0.496 e. The maximum absolute atomic E-state index is 5.38. The number of nitrogens with one attached hydrogen (secondary N) is 2. The van der Waals surface area contributed by atoms with Crippen molar-refractivity contribution in [3.63, 3.8) is 0 Å². The predicted octanol–water partition coefficient (Wildman–Crippen LogP) is 2.42. The molecule has 1 heterocycles. The van der Waals surface area contributed by atoms with Gasteiger partial charge in [-0.1, -0.05) is 18.2 Å². The molecule has 6 heteroatoms.